The molecule has 0 spiro atoms. The largest absolute Gasteiger partial charge is 0.381 e. The van der Waals surface area contributed by atoms with Gasteiger partial charge in [-0.3, -0.25) is 4.79 Å². The van der Waals surface area contributed by atoms with Crippen LogP contribution in [-0.4, -0.2) is 10.6 Å². The smallest absolute Gasteiger partial charge is 0.252 e. The Balaban J connectivity index is 1.54. The van der Waals surface area contributed by atoms with Gasteiger partial charge in [0.05, 0.1) is 5.52 Å². The molecule has 1 heterocycles. The number of benzene rings is 1. The Kier molecular flexibility index (Phi) is 2.20. The van der Waals surface area contributed by atoms with Crippen molar-refractivity contribution in [3.63, 3.8) is 0 Å². The van der Waals surface area contributed by atoms with Gasteiger partial charge in [-0.15, -0.1) is 0 Å². The van der Waals surface area contributed by atoms with Crippen molar-refractivity contribution in [2.75, 3.05) is 5.32 Å². The van der Waals surface area contributed by atoms with Crippen LogP contribution in [0.4, 0.5) is 5.69 Å². The van der Waals surface area contributed by atoms with Crippen LogP contribution >= 0.6 is 0 Å². The molecule has 3 fully saturated rings. The fourth-order valence-electron chi connectivity index (χ4n) is 5.23. The molecular weight excluding hydrogens is 260 g/mol. The zero-order valence-corrected chi connectivity index (χ0v) is 12.3. The number of hydrogen-bond donors (Lipinski definition) is 1. The Labute approximate surface area is 124 Å². The van der Waals surface area contributed by atoms with Crippen LogP contribution in [0.2, 0.25) is 0 Å². The Morgan fingerprint density at radius 3 is 2.62 bits per heavy atom. The maximum Gasteiger partial charge on any atom is 0.252 e. The van der Waals surface area contributed by atoms with Crippen LogP contribution in [0.15, 0.2) is 35.1 Å². The number of anilines is 1. The summed E-state index contributed by atoms with van der Waals surface area (Å²) in [5.41, 5.74) is 2.12. The van der Waals surface area contributed by atoms with Crippen molar-refractivity contribution < 1.29 is 0 Å². The number of nitrogens with one attached hydrogen (secondary N) is 1. The molecule has 3 aliphatic rings. The fraction of sp³-hybridized carbons (Fsp3) is 0.500. The second-order valence-electron chi connectivity index (χ2n) is 7.13. The summed E-state index contributed by atoms with van der Waals surface area (Å²) in [4.78, 5) is 12.2. The van der Waals surface area contributed by atoms with Crippen LogP contribution in [0.1, 0.15) is 19.3 Å². The SMILES string of the molecule is Cn1c(=O)cc(NC2C3C4CCC(C4)C23)c2ccccc21. The van der Waals surface area contributed by atoms with Crippen molar-refractivity contribution in [1.82, 2.24) is 4.57 Å². The van der Waals surface area contributed by atoms with E-state index in [4.69, 9.17) is 0 Å². The van der Waals surface area contributed by atoms with Crippen molar-refractivity contribution in [3.05, 3.63) is 40.7 Å². The second-order valence-corrected chi connectivity index (χ2v) is 7.13. The maximum atomic E-state index is 12.2. The quantitative estimate of drug-likeness (QED) is 0.917. The van der Waals surface area contributed by atoms with Gasteiger partial charge in [-0.05, 0) is 49.0 Å². The molecule has 2 bridgehead atoms. The van der Waals surface area contributed by atoms with Crippen molar-refractivity contribution in [1.29, 1.82) is 0 Å². The molecule has 108 valence electrons. The number of pyridine rings is 1. The van der Waals surface area contributed by atoms with Crippen molar-refractivity contribution in [2.45, 2.75) is 25.3 Å². The summed E-state index contributed by atoms with van der Waals surface area (Å²) in [5.74, 6) is 3.67. The number of rotatable bonds is 2. The van der Waals surface area contributed by atoms with Gasteiger partial charge in [0.25, 0.3) is 5.56 Å². The maximum absolute atomic E-state index is 12.2. The number of nitrogens with zero attached hydrogens (tertiary/aromatic N) is 1. The minimum Gasteiger partial charge on any atom is -0.381 e. The predicted octanol–water partition coefficient (Wildman–Crippen LogP) is 2.99. The first-order valence-corrected chi connectivity index (χ1v) is 8.09. The number of fused-ring (bicyclic) bond motifs is 6. The summed E-state index contributed by atoms with van der Waals surface area (Å²) in [7, 11) is 1.85. The minimum atomic E-state index is 0.0741. The highest BCUT2D eigenvalue weighted by molar-refractivity contribution is 5.91. The lowest BCUT2D eigenvalue weighted by molar-refractivity contribution is 0.456. The van der Waals surface area contributed by atoms with E-state index in [9.17, 15) is 4.79 Å². The van der Waals surface area contributed by atoms with Gasteiger partial charge in [0.2, 0.25) is 0 Å². The van der Waals surface area contributed by atoms with Gasteiger partial charge in [-0.2, -0.15) is 0 Å². The van der Waals surface area contributed by atoms with E-state index >= 15 is 0 Å². The molecule has 5 rings (SSSR count). The van der Waals surface area contributed by atoms with Gasteiger partial charge in [0.15, 0.2) is 0 Å². The zero-order valence-electron chi connectivity index (χ0n) is 12.3. The van der Waals surface area contributed by atoms with Gasteiger partial charge in [-0.25, -0.2) is 0 Å². The molecule has 3 saturated carbocycles. The van der Waals surface area contributed by atoms with Crippen LogP contribution in [0.3, 0.4) is 0 Å². The number of hydrogen-bond acceptors (Lipinski definition) is 2. The second kappa shape index (κ2) is 3.90. The Bertz CT molecular complexity index is 777. The molecule has 1 aromatic heterocycles. The average molecular weight is 280 g/mol. The van der Waals surface area contributed by atoms with E-state index in [-0.39, 0.29) is 5.56 Å². The van der Waals surface area contributed by atoms with Gasteiger partial charge < -0.3 is 9.88 Å². The zero-order chi connectivity index (χ0) is 14.1. The Morgan fingerprint density at radius 1 is 1.14 bits per heavy atom. The van der Waals surface area contributed by atoms with Crippen LogP contribution in [-0.2, 0) is 7.05 Å². The summed E-state index contributed by atoms with van der Waals surface area (Å²) in [5, 5.41) is 4.88. The Hall–Kier alpha value is -1.77. The topological polar surface area (TPSA) is 34.0 Å². The van der Waals surface area contributed by atoms with Gasteiger partial charge in [0, 0.05) is 30.2 Å². The molecule has 0 saturated heterocycles. The first-order chi connectivity index (χ1) is 10.2. The third-order valence-corrected chi connectivity index (χ3v) is 6.21. The molecule has 3 aliphatic carbocycles. The number of para-hydroxylation sites is 1. The summed E-state index contributed by atoms with van der Waals surface area (Å²) >= 11 is 0. The van der Waals surface area contributed by atoms with Gasteiger partial charge in [0.1, 0.15) is 0 Å². The van der Waals surface area contributed by atoms with Crippen LogP contribution < -0.4 is 10.9 Å². The first kappa shape index (κ1) is 11.8. The molecule has 0 radical (unpaired) electrons. The highest BCUT2D eigenvalue weighted by Crippen LogP contribution is 2.66. The molecular formula is C18H20N2O. The molecule has 21 heavy (non-hydrogen) atoms. The predicted molar refractivity (Wildman–Crippen MR) is 84.4 cm³/mol. The third-order valence-electron chi connectivity index (χ3n) is 6.21. The summed E-state index contributed by atoms with van der Waals surface area (Å²) in [6, 6.07) is 10.6. The molecule has 4 atom stereocenters. The molecule has 3 nitrogen and oxygen atoms in total. The fourth-order valence-corrected chi connectivity index (χ4v) is 5.23. The van der Waals surface area contributed by atoms with Crippen LogP contribution in [0.25, 0.3) is 10.9 Å². The normalized spacial score (nSPS) is 36.0. The standard InChI is InChI=1S/C18H20N2O/c1-20-14-5-3-2-4-12(14)13(9-15(20)21)19-18-16-10-6-7-11(8-10)17(16)18/h2-5,9-11,16-19H,6-8H2,1H3. The average Bonchev–Trinajstić information content (AvgIpc) is 2.89. The van der Waals surface area contributed by atoms with Crippen LogP contribution in [0.5, 0.6) is 0 Å². The third kappa shape index (κ3) is 1.52. The highest BCUT2D eigenvalue weighted by atomic mass is 16.1. The molecule has 0 amide bonds. The Morgan fingerprint density at radius 2 is 1.86 bits per heavy atom. The molecule has 1 N–H and O–H groups in total. The van der Waals surface area contributed by atoms with E-state index in [1.807, 2.05) is 19.2 Å². The highest BCUT2D eigenvalue weighted by Gasteiger charge is 2.65. The van der Waals surface area contributed by atoms with E-state index in [2.05, 4.69) is 17.4 Å². The molecule has 4 unspecified atom stereocenters. The van der Waals surface area contributed by atoms with Crippen molar-refractivity contribution in [3.8, 4) is 0 Å². The number of aryl methyl sites for hydroxylation is 1. The molecule has 0 aliphatic heterocycles. The first-order valence-electron chi connectivity index (χ1n) is 8.09. The summed E-state index contributed by atoms with van der Waals surface area (Å²) in [6.45, 7) is 0. The van der Waals surface area contributed by atoms with E-state index in [1.54, 1.807) is 10.6 Å². The van der Waals surface area contributed by atoms with Crippen molar-refractivity contribution in [2.24, 2.45) is 30.7 Å². The lowest BCUT2D eigenvalue weighted by Crippen LogP contribution is -2.19. The number of aromatic nitrogens is 1. The molecule has 2 aromatic rings. The monoisotopic (exact) mass is 280 g/mol. The lowest BCUT2D eigenvalue weighted by Gasteiger charge is -2.15. The summed E-state index contributed by atoms with van der Waals surface area (Å²) < 4.78 is 1.73. The lowest BCUT2D eigenvalue weighted by atomic mass is 10.0. The van der Waals surface area contributed by atoms with Crippen LogP contribution in [0, 0.1) is 23.7 Å². The van der Waals surface area contributed by atoms with E-state index in [0.717, 1.165) is 40.3 Å². The van der Waals surface area contributed by atoms with Gasteiger partial charge in [-0.1, -0.05) is 18.2 Å². The van der Waals surface area contributed by atoms with E-state index in [1.165, 1.54) is 19.3 Å². The van der Waals surface area contributed by atoms with Gasteiger partial charge >= 0.3 is 0 Å². The summed E-state index contributed by atoms with van der Waals surface area (Å²) in [6.07, 6.45) is 4.33. The minimum absolute atomic E-state index is 0.0741. The van der Waals surface area contributed by atoms with E-state index < -0.39 is 0 Å². The van der Waals surface area contributed by atoms with Crippen molar-refractivity contribution >= 4 is 16.6 Å². The van der Waals surface area contributed by atoms with E-state index in [0.29, 0.717) is 6.04 Å². The molecule has 1 aromatic carbocycles. The molecule has 3 heteroatoms.